The van der Waals surface area contributed by atoms with Gasteiger partial charge in [-0.1, -0.05) is 0 Å². The van der Waals surface area contributed by atoms with Crippen LogP contribution in [0.15, 0.2) is 12.4 Å². The molecule has 0 unspecified atom stereocenters. The van der Waals surface area contributed by atoms with Crippen molar-refractivity contribution in [1.29, 1.82) is 0 Å². The molecule has 5 heteroatoms. The maximum atomic E-state index is 5.74. The number of aromatic nitrogens is 1. The molecule has 15 heavy (non-hydrogen) atoms. The number of nitrogens with one attached hydrogen (secondary N) is 1. The fourth-order valence-electron chi connectivity index (χ4n) is 1.33. The lowest BCUT2D eigenvalue weighted by atomic mass is 10.2. The van der Waals surface area contributed by atoms with Gasteiger partial charge in [0.25, 0.3) is 0 Å². The van der Waals surface area contributed by atoms with Crippen LogP contribution in [0.4, 0.5) is 0 Å². The molecule has 1 fully saturated rings. The first kappa shape index (κ1) is 10.0. The van der Waals surface area contributed by atoms with Crippen LogP contribution in [0.25, 0.3) is 0 Å². The van der Waals surface area contributed by atoms with Gasteiger partial charge in [-0.05, 0) is 0 Å². The molecule has 1 aromatic heterocycles. The van der Waals surface area contributed by atoms with Crippen molar-refractivity contribution >= 4 is 0 Å². The Morgan fingerprint density at radius 1 is 1.20 bits per heavy atom. The van der Waals surface area contributed by atoms with Gasteiger partial charge in [0.1, 0.15) is 6.10 Å². The molecular formula is C10H14N2O3. The van der Waals surface area contributed by atoms with Crippen molar-refractivity contribution < 1.29 is 14.2 Å². The molecule has 2 rings (SSSR count). The standard InChI is InChI=1S/C10H14N2O3/c1-13-8-5-12-6-9(14-2)10(8)15-7-3-11-4-7/h5-7,11H,3-4H2,1-2H3. The molecule has 0 saturated carbocycles. The quantitative estimate of drug-likeness (QED) is 0.782. The summed E-state index contributed by atoms with van der Waals surface area (Å²) in [7, 11) is 3.17. The molecule has 0 spiro atoms. The topological polar surface area (TPSA) is 52.6 Å². The Labute approximate surface area is 88.4 Å². The lowest BCUT2D eigenvalue weighted by molar-refractivity contribution is 0.132. The lowest BCUT2D eigenvalue weighted by Gasteiger charge is -2.28. The molecule has 82 valence electrons. The van der Waals surface area contributed by atoms with Crippen LogP contribution in [-0.2, 0) is 0 Å². The molecule has 2 heterocycles. The maximum Gasteiger partial charge on any atom is 0.207 e. The molecule has 0 atom stereocenters. The second-order valence-electron chi connectivity index (χ2n) is 3.27. The molecule has 1 N–H and O–H groups in total. The van der Waals surface area contributed by atoms with E-state index in [1.165, 1.54) is 0 Å². The molecule has 1 aromatic rings. The Bertz CT molecular complexity index is 317. The third kappa shape index (κ3) is 1.97. The minimum Gasteiger partial charge on any atom is -0.491 e. The van der Waals surface area contributed by atoms with Crippen LogP contribution >= 0.6 is 0 Å². The molecule has 0 bridgehead atoms. The van der Waals surface area contributed by atoms with Gasteiger partial charge in [0, 0.05) is 13.1 Å². The Balaban J connectivity index is 2.23. The molecule has 1 aliphatic heterocycles. The first-order chi connectivity index (χ1) is 7.35. The highest BCUT2D eigenvalue weighted by Crippen LogP contribution is 2.36. The van der Waals surface area contributed by atoms with E-state index in [0.29, 0.717) is 17.2 Å². The van der Waals surface area contributed by atoms with E-state index in [1.54, 1.807) is 26.6 Å². The first-order valence-corrected chi connectivity index (χ1v) is 4.78. The fraction of sp³-hybridized carbons (Fsp3) is 0.500. The summed E-state index contributed by atoms with van der Waals surface area (Å²) < 4.78 is 16.1. The van der Waals surface area contributed by atoms with Crippen molar-refractivity contribution in [1.82, 2.24) is 10.3 Å². The predicted molar refractivity (Wildman–Crippen MR) is 54.6 cm³/mol. The molecule has 5 nitrogen and oxygen atoms in total. The van der Waals surface area contributed by atoms with Crippen LogP contribution in [0.2, 0.25) is 0 Å². The Morgan fingerprint density at radius 2 is 1.80 bits per heavy atom. The van der Waals surface area contributed by atoms with Crippen molar-refractivity contribution in [3.8, 4) is 17.2 Å². The van der Waals surface area contributed by atoms with Gasteiger partial charge in [-0.25, -0.2) is 0 Å². The fourth-order valence-corrected chi connectivity index (χ4v) is 1.33. The van der Waals surface area contributed by atoms with Crippen molar-refractivity contribution in [3.63, 3.8) is 0 Å². The van der Waals surface area contributed by atoms with Crippen LogP contribution in [-0.4, -0.2) is 38.4 Å². The third-order valence-corrected chi connectivity index (χ3v) is 2.30. The van der Waals surface area contributed by atoms with Crippen LogP contribution in [0.3, 0.4) is 0 Å². The first-order valence-electron chi connectivity index (χ1n) is 4.78. The second kappa shape index (κ2) is 4.35. The normalized spacial score (nSPS) is 15.6. The number of rotatable bonds is 4. The van der Waals surface area contributed by atoms with Gasteiger partial charge in [-0.15, -0.1) is 0 Å². The average molecular weight is 210 g/mol. The van der Waals surface area contributed by atoms with E-state index in [1.807, 2.05) is 0 Å². The van der Waals surface area contributed by atoms with Gasteiger partial charge < -0.3 is 19.5 Å². The van der Waals surface area contributed by atoms with Crippen molar-refractivity contribution in [2.24, 2.45) is 0 Å². The molecule has 0 aliphatic carbocycles. The zero-order chi connectivity index (χ0) is 10.7. The highest BCUT2D eigenvalue weighted by molar-refractivity contribution is 5.48. The van der Waals surface area contributed by atoms with Gasteiger partial charge in [0.15, 0.2) is 11.5 Å². The SMILES string of the molecule is COc1cncc(OC)c1OC1CNC1. The summed E-state index contributed by atoms with van der Waals surface area (Å²) in [6, 6.07) is 0. The van der Waals surface area contributed by atoms with E-state index >= 15 is 0 Å². The Morgan fingerprint density at radius 3 is 2.20 bits per heavy atom. The highest BCUT2D eigenvalue weighted by Gasteiger charge is 2.22. The predicted octanol–water partition coefficient (Wildman–Crippen LogP) is 0.449. The van der Waals surface area contributed by atoms with E-state index in [0.717, 1.165) is 13.1 Å². The molecule has 0 aromatic carbocycles. The number of pyridine rings is 1. The van der Waals surface area contributed by atoms with Crippen LogP contribution in [0.1, 0.15) is 0 Å². The molecule has 1 aliphatic rings. The van der Waals surface area contributed by atoms with E-state index < -0.39 is 0 Å². The molecular weight excluding hydrogens is 196 g/mol. The summed E-state index contributed by atoms with van der Waals surface area (Å²) in [6.45, 7) is 1.71. The monoisotopic (exact) mass is 210 g/mol. The number of hydrogen-bond acceptors (Lipinski definition) is 5. The molecule has 1 saturated heterocycles. The zero-order valence-corrected chi connectivity index (χ0v) is 8.82. The third-order valence-electron chi connectivity index (χ3n) is 2.30. The smallest absolute Gasteiger partial charge is 0.207 e. The summed E-state index contributed by atoms with van der Waals surface area (Å²) in [5, 5.41) is 3.13. The van der Waals surface area contributed by atoms with Crippen molar-refractivity contribution in [2.75, 3.05) is 27.3 Å². The zero-order valence-electron chi connectivity index (χ0n) is 8.82. The molecule has 0 radical (unpaired) electrons. The largest absolute Gasteiger partial charge is 0.491 e. The summed E-state index contributed by atoms with van der Waals surface area (Å²) in [4.78, 5) is 3.99. The minimum absolute atomic E-state index is 0.190. The van der Waals surface area contributed by atoms with E-state index in [9.17, 15) is 0 Å². The average Bonchev–Trinajstić information content (AvgIpc) is 2.23. The minimum atomic E-state index is 0.190. The van der Waals surface area contributed by atoms with E-state index in [-0.39, 0.29) is 6.10 Å². The van der Waals surface area contributed by atoms with E-state index in [4.69, 9.17) is 14.2 Å². The highest BCUT2D eigenvalue weighted by atomic mass is 16.5. The van der Waals surface area contributed by atoms with Crippen LogP contribution in [0.5, 0.6) is 17.2 Å². The van der Waals surface area contributed by atoms with Crippen LogP contribution < -0.4 is 19.5 Å². The summed E-state index contributed by atoms with van der Waals surface area (Å²) in [5.41, 5.74) is 0. The van der Waals surface area contributed by atoms with Gasteiger partial charge in [0.2, 0.25) is 5.75 Å². The summed E-state index contributed by atoms with van der Waals surface area (Å²) in [6.07, 6.45) is 3.42. The molecule has 0 amide bonds. The van der Waals surface area contributed by atoms with Crippen molar-refractivity contribution in [3.05, 3.63) is 12.4 Å². The van der Waals surface area contributed by atoms with Crippen molar-refractivity contribution in [2.45, 2.75) is 6.10 Å². The summed E-state index contributed by atoms with van der Waals surface area (Å²) in [5.74, 6) is 1.82. The Kier molecular flexibility index (Phi) is 2.91. The lowest BCUT2D eigenvalue weighted by Crippen LogP contribution is -2.50. The number of nitrogens with zero attached hydrogens (tertiary/aromatic N) is 1. The number of methoxy groups -OCH3 is 2. The van der Waals surface area contributed by atoms with Crippen LogP contribution in [0, 0.1) is 0 Å². The number of hydrogen-bond donors (Lipinski definition) is 1. The maximum absolute atomic E-state index is 5.74. The number of ether oxygens (including phenoxy) is 3. The van der Waals surface area contributed by atoms with Gasteiger partial charge in [0.05, 0.1) is 26.6 Å². The Hall–Kier alpha value is -1.49. The van der Waals surface area contributed by atoms with Gasteiger partial charge in [-0.3, -0.25) is 4.98 Å². The van der Waals surface area contributed by atoms with Gasteiger partial charge >= 0.3 is 0 Å². The van der Waals surface area contributed by atoms with Gasteiger partial charge in [-0.2, -0.15) is 0 Å². The summed E-state index contributed by atoms with van der Waals surface area (Å²) >= 11 is 0. The van der Waals surface area contributed by atoms with E-state index in [2.05, 4.69) is 10.3 Å². The second-order valence-corrected chi connectivity index (χ2v) is 3.27.